The Hall–Kier alpha value is -5.47. The third-order valence-corrected chi connectivity index (χ3v) is 15.0. The van der Waals surface area contributed by atoms with Gasteiger partial charge in [0.25, 0.3) is 0 Å². The van der Waals surface area contributed by atoms with Gasteiger partial charge in [-0.25, -0.2) is 4.79 Å². The molecule has 7 nitrogen and oxygen atoms in total. The van der Waals surface area contributed by atoms with Crippen molar-refractivity contribution in [2.24, 2.45) is 11.8 Å². The molecule has 61 heavy (non-hydrogen) atoms. The summed E-state index contributed by atoms with van der Waals surface area (Å²) in [5, 5.41) is 18.4. The van der Waals surface area contributed by atoms with Gasteiger partial charge >= 0.3 is 5.97 Å². The molecule has 0 radical (unpaired) electrons. The first kappa shape index (κ1) is 43.6. The number of carboxylic acids is 1. The van der Waals surface area contributed by atoms with Crippen LogP contribution in [0.5, 0.6) is 11.5 Å². The average Bonchev–Trinajstić information content (AvgIpc) is 4.09. The number of benzene rings is 3. The third-order valence-electron chi connectivity index (χ3n) is 11.3. The maximum Gasteiger partial charge on any atom is 0.346 e. The molecule has 3 aromatic carbocycles. The number of nitriles is 1. The van der Waals surface area contributed by atoms with Crippen molar-refractivity contribution in [3.8, 4) is 47.5 Å². The van der Waals surface area contributed by atoms with Gasteiger partial charge in [-0.15, -0.1) is 34.0 Å². The Kier molecular flexibility index (Phi) is 14.6. The number of ketones is 1. The highest BCUT2D eigenvalue weighted by Crippen LogP contribution is 2.51. The van der Waals surface area contributed by atoms with Crippen LogP contribution in [0.4, 0.5) is 17.1 Å². The summed E-state index contributed by atoms with van der Waals surface area (Å²) in [6, 6.07) is 34.6. The fourth-order valence-corrected chi connectivity index (χ4v) is 11.0. The SMILES string of the molecule is CCCCC(CC)COc1ccc(N(c2ccc(OCC(CC)CCCC)cc2)c2ccc(-c3cc4c(s3)-c3sc(-c5ccc(C=C(C#N)C(=O)O)s5)cc3C4=O)cc2)cc1. The van der Waals surface area contributed by atoms with E-state index in [-0.39, 0.29) is 11.4 Å². The summed E-state index contributed by atoms with van der Waals surface area (Å²) in [5.41, 5.74) is 5.17. The van der Waals surface area contributed by atoms with Crippen LogP contribution in [-0.2, 0) is 4.79 Å². The summed E-state index contributed by atoms with van der Waals surface area (Å²) in [5.74, 6) is 1.61. The van der Waals surface area contributed by atoms with Crippen LogP contribution in [0.1, 0.15) is 99.9 Å². The van der Waals surface area contributed by atoms with E-state index in [1.165, 1.54) is 55.9 Å². The number of hydrogen-bond donors (Lipinski definition) is 1. The lowest BCUT2D eigenvalue weighted by Gasteiger charge is -2.26. The minimum atomic E-state index is -1.26. The van der Waals surface area contributed by atoms with Crippen molar-refractivity contribution in [2.75, 3.05) is 18.1 Å². The molecule has 2 atom stereocenters. The van der Waals surface area contributed by atoms with Crippen molar-refractivity contribution in [3.05, 3.63) is 119 Å². The van der Waals surface area contributed by atoms with Crippen molar-refractivity contribution >= 4 is 68.9 Å². The number of nitrogens with zero attached hydrogens (tertiary/aromatic N) is 2. The van der Waals surface area contributed by atoms with Crippen molar-refractivity contribution in [1.82, 2.24) is 0 Å². The van der Waals surface area contributed by atoms with Gasteiger partial charge in [-0.1, -0.05) is 78.4 Å². The highest BCUT2D eigenvalue weighted by molar-refractivity contribution is 7.28. The maximum atomic E-state index is 13.7. The fourth-order valence-electron chi connectivity index (χ4n) is 7.54. The van der Waals surface area contributed by atoms with Gasteiger partial charge in [-0.05, 0) is 121 Å². The van der Waals surface area contributed by atoms with Gasteiger partial charge in [0.05, 0.1) is 23.0 Å². The van der Waals surface area contributed by atoms with Crippen molar-refractivity contribution in [2.45, 2.75) is 79.1 Å². The van der Waals surface area contributed by atoms with Gasteiger partial charge in [0, 0.05) is 47.7 Å². The molecule has 7 rings (SSSR count). The molecule has 3 aromatic heterocycles. The number of ether oxygens (including phenoxy) is 2. The van der Waals surface area contributed by atoms with Gasteiger partial charge < -0.3 is 19.5 Å². The number of carbonyl (C=O) groups excluding carboxylic acids is 1. The van der Waals surface area contributed by atoms with E-state index in [4.69, 9.17) is 9.47 Å². The molecule has 1 N–H and O–H groups in total. The lowest BCUT2D eigenvalue weighted by Crippen LogP contribution is -2.12. The monoisotopic (exact) mass is 868 g/mol. The van der Waals surface area contributed by atoms with Crippen LogP contribution in [0, 0.1) is 23.2 Å². The van der Waals surface area contributed by atoms with Crippen LogP contribution in [-0.4, -0.2) is 30.1 Å². The standard InChI is InChI=1S/C51H52N2O5S3/c1-5-9-11-33(7-3)31-57-40-21-17-38(18-22-40)53(39-19-23-41(24-20-39)58-32-34(8-4)12-10-6-2)37-15-13-35(14-16-37)46-28-43-48(54)44-29-47(61-50(44)49(43)60-46)45-26-25-42(59-45)27-36(30-52)51(55)56/h13-29,33-34H,5-12,31-32H2,1-4H3,(H,55,56). The van der Waals surface area contributed by atoms with E-state index in [0.29, 0.717) is 22.3 Å². The van der Waals surface area contributed by atoms with Gasteiger partial charge in [-0.3, -0.25) is 4.79 Å². The van der Waals surface area contributed by atoms with Crippen LogP contribution >= 0.6 is 34.0 Å². The predicted molar refractivity (Wildman–Crippen MR) is 253 cm³/mol. The Morgan fingerprint density at radius 3 is 1.66 bits per heavy atom. The summed E-state index contributed by atoms with van der Waals surface area (Å²) in [6.07, 6.45) is 10.8. The molecule has 0 bridgehead atoms. The Balaban J connectivity index is 1.12. The van der Waals surface area contributed by atoms with E-state index >= 15 is 0 Å². The van der Waals surface area contributed by atoms with Crippen molar-refractivity contribution < 1.29 is 24.2 Å². The number of aliphatic carboxylic acids is 1. The second-order valence-electron chi connectivity index (χ2n) is 15.5. The first-order valence-corrected chi connectivity index (χ1v) is 23.8. The zero-order valence-corrected chi connectivity index (χ0v) is 37.7. The minimum Gasteiger partial charge on any atom is -0.493 e. The van der Waals surface area contributed by atoms with Crippen molar-refractivity contribution in [1.29, 1.82) is 5.26 Å². The summed E-state index contributed by atoms with van der Waals surface area (Å²) in [7, 11) is 0. The Bertz CT molecular complexity index is 2440. The molecule has 0 fully saturated rings. The van der Waals surface area contributed by atoms with Gasteiger partial charge in [0.1, 0.15) is 23.1 Å². The van der Waals surface area contributed by atoms with E-state index in [1.54, 1.807) is 34.8 Å². The molecule has 1 aliphatic carbocycles. The van der Waals surface area contributed by atoms with Gasteiger partial charge in [0.2, 0.25) is 0 Å². The van der Waals surface area contributed by atoms with Crippen LogP contribution in [0.25, 0.3) is 36.0 Å². The Labute approximate surface area is 371 Å². The molecule has 0 aliphatic heterocycles. The van der Waals surface area contributed by atoms with E-state index in [1.807, 2.05) is 18.2 Å². The van der Waals surface area contributed by atoms with Gasteiger partial charge in [0.15, 0.2) is 5.78 Å². The zero-order valence-electron chi connectivity index (χ0n) is 35.2. The number of hydrogen-bond acceptors (Lipinski definition) is 9. The molecule has 2 unspecified atom stereocenters. The van der Waals surface area contributed by atoms with Crippen LogP contribution < -0.4 is 14.4 Å². The van der Waals surface area contributed by atoms with Gasteiger partial charge in [-0.2, -0.15) is 5.26 Å². The number of unbranched alkanes of at least 4 members (excludes halogenated alkanes) is 2. The minimum absolute atomic E-state index is 0.0179. The largest absolute Gasteiger partial charge is 0.493 e. The molecule has 3 heterocycles. The summed E-state index contributed by atoms with van der Waals surface area (Å²) in [6.45, 7) is 10.4. The molecule has 314 valence electrons. The van der Waals surface area contributed by atoms with E-state index in [0.717, 1.165) is 90.1 Å². The topological polar surface area (TPSA) is 99.9 Å². The number of thiophene rings is 3. The molecule has 6 aromatic rings. The Morgan fingerprint density at radius 1 is 0.689 bits per heavy atom. The number of fused-ring (bicyclic) bond motifs is 3. The molecule has 0 spiro atoms. The summed E-state index contributed by atoms with van der Waals surface area (Å²) in [4.78, 5) is 32.8. The molecular weight excluding hydrogens is 817 g/mol. The number of carboxylic acid groups (broad SMARTS) is 1. The molecule has 1 aliphatic rings. The maximum absolute atomic E-state index is 13.7. The van der Waals surface area contributed by atoms with Crippen LogP contribution in [0.15, 0.2) is 103 Å². The molecule has 0 saturated heterocycles. The molecule has 0 amide bonds. The molecule has 10 heteroatoms. The van der Waals surface area contributed by atoms with Crippen LogP contribution in [0.2, 0.25) is 0 Å². The van der Waals surface area contributed by atoms with Crippen LogP contribution in [0.3, 0.4) is 0 Å². The van der Waals surface area contributed by atoms with E-state index < -0.39 is 5.97 Å². The quantitative estimate of drug-likeness (QED) is 0.0567. The first-order valence-electron chi connectivity index (χ1n) is 21.4. The number of anilines is 3. The normalized spacial score (nSPS) is 13.0. The van der Waals surface area contributed by atoms with E-state index in [9.17, 15) is 20.0 Å². The number of rotatable bonds is 21. The first-order chi connectivity index (χ1) is 29.7. The molecule has 0 saturated carbocycles. The third kappa shape index (κ3) is 10.2. The average molecular weight is 869 g/mol. The smallest absolute Gasteiger partial charge is 0.346 e. The second kappa shape index (κ2) is 20.4. The molecular formula is C51H52N2O5S3. The zero-order chi connectivity index (χ0) is 42.9. The second-order valence-corrected chi connectivity index (χ2v) is 18.8. The van der Waals surface area contributed by atoms with Crippen molar-refractivity contribution in [3.63, 3.8) is 0 Å². The summed E-state index contributed by atoms with van der Waals surface area (Å²) >= 11 is 4.59. The lowest BCUT2D eigenvalue weighted by atomic mass is 10.0. The highest BCUT2D eigenvalue weighted by Gasteiger charge is 2.33. The summed E-state index contributed by atoms with van der Waals surface area (Å²) < 4.78 is 12.6. The fraction of sp³-hybridized carbons (Fsp3) is 0.314. The van der Waals surface area contributed by atoms with E-state index in [2.05, 4.69) is 105 Å². The number of carbonyl (C=O) groups is 2. The lowest BCUT2D eigenvalue weighted by molar-refractivity contribution is -0.132. The highest BCUT2D eigenvalue weighted by atomic mass is 32.1. The predicted octanol–water partition coefficient (Wildman–Crippen LogP) is 15.1. The Morgan fingerprint density at radius 2 is 1.18 bits per heavy atom.